The van der Waals surface area contributed by atoms with Crippen molar-refractivity contribution in [3.8, 4) is 23.1 Å². The average molecular weight is 395 g/mol. The van der Waals surface area contributed by atoms with Crippen LogP contribution >= 0.6 is 0 Å². The number of nitrogens with one attached hydrogen (secondary N) is 2. The molecule has 1 heterocycles. The van der Waals surface area contributed by atoms with E-state index in [-0.39, 0.29) is 35.1 Å². The molecule has 0 aliphatic rings. The highest BCUT2D eigenvalue weighted by atomic mass is 19.1. The van der Waals surface area contributed by atoms with Crippen LogP contribution in [0.25, 0.3) is 11.3 Å². The first-order chi connectivity index (χ1) is 14.0. The number of ether oxygens (including phenoxy) is 1. The van der Waals surface area contributed by atoms with Crippen molar-refractivity contribution in [1.82, 2.24) is 9.97 Å². The molecule has 146 valence electrons. The Hall–Kier alpha value is -4.06. The van der Waals surface area contributed by atoms with Crippen LogP contribution < -0.4 is 15.7 Å². The molecule has 0 aliphatic heterocycles. The molecule has 0 atom stereocenters. The summed E-state index contributed by atoms with van der Waals surface area (Å²) in [4.78, 5) is 18.8. The van der Waals surface area contributed by atoms with Crippen LogP contribution in [0.15, 0.2) is 52.4 Å². The molecule has 3 rings (SSSR count). The summed E-state index contributed by atoms with van der Waals surface area (Å²) in [6.07, 6.45) is 1.14. The molecule has 0 unspecified atom stereocenters. The lowest BCUT2D eigenvalue weighted by atomic mass is 10.1. The van der Waals surface area contributed by atoms with Crippen LogP contribution in [0.2, 0.25) is 0 Å². The van der Waals surface area contributed by atoms with Gasteiger partial charge in [0.15, 0.2) is 11.6 Å². The second-order valence-corrected chi connectivity index (χ2v) is 5.72. The first-order valence-electron chi connectivity index (χ1n) is 8.54. The van der Waals surface area contributed by atoms with Crippen molar-refractivity contribution >= 4 is 12.2 Å². The van der Waals surface area contributed by atoms with Gasteiger partial charge in [0.1, 0.15) is 17.4 Å². The minimum atomic E-state index is -0.857. The van der Waals surface area contributed by atoms with Crippen LogP contribution in [0.1, 0.15) is 18.1 Å². The van der Waals surface area contributed by atoms with E-state index in [4.69, 9.17) is 4.74 Å². The molecule has 0 saturated carbocycles. The predicted octanol–water partition coefficient (Wildman–Crippen LogP) is 3.43. The molecule has 2 N–H and O–H groups in total. The number of hydrazone groups is 1. The van der Waals surface area contributed by atoms with Crippen LogP contribution in [0.4, 0.5) is 14.7 Å². The molecule has 29 heavy (non-hydrogen) atoms. The zero-order valence-electron chi connectivity index (χ0n) is 15.2. The third kappa shape index (κ3) is 4.44. The van der Waals surface area contributed by atoms with Gasteiger partial charge in [-0.15, -0.1) is 0 Å². The Morgan fingerprint density at radius 1 is 1.31 bits per heavy atom. The van der Waals surface area contributed by atoms with Gasteiger partial charge in [0.05, 0.1) is 18.5 Å². The summed E-state index contributed by atoms with van der Waals surface area (Å²) in [5, 5.41) is 13.1. The molecule has 0 aliphatic carbocycles. The molecule has 2 aromatic carbocycles. The maximum Gasteiger partial charge on any atom is 0.270 e. The van der Waals surface area contributed by atoms with Crippen molar-refractivity contribution in [2.45, 2.75) is 6.92 Å². The van der Waals surface area contributed by atoms with Gasteiger partial charge in [-0.1, -0.05) is 30.3 Å². The molecule has 3 aromatic rings. The van der Waals surface area contributed by atoms with Crippen molar-refractivity contribution in [3.05, 3.63) is 75.6 Å². The van der Waals surface area contributed by atoms with E-state index in [0.29, 0.717) is 11.6 Å². The number of nitrogens with zero attached hydrogens (tertiary/aromatic N) is 3. The quantitative estimate of drug-likeness (QED) is 0.492. The van der Waals surface area contributed by atoms with E-state index in [2.05, 4.69) is 20.5 Å². The van der Waals surface area contributed by atoms with Gasteiger partial charge in [-0.3, -0.25) is 9.78 Å². The lowest BCUT2D eigenvalue weighted by Crippen LogP contribution is -2.16. The monoisotopic (exact) mass is 395 g/mol. The van der Waals surface area contributed by atoms with E-state index in [1.54, 1.807) is 37.3 Å². The molecular weight excluding hydrogens is 380 g/mol. The summed E-state index contributed by atoms with van der Waals surface area (Å²) in [5.74, 6) is -1.84. The van der Waals surface area contributed by atoms with Crippen molar-refractivity contribution < 1.29 is 13.5 Å². The Morgan fingerprint density at radius 3 is 2.76 bits per heavy atom. The fourth-order valence-corrected chi connectivity index (χ4v) is 2.57. The first kappa shape index (κ1) is 19.7. The molecule has 9 heteroatoms. The van der Waals surface area contributed by atoms with Crippen molar-refractivity contribution in [2.75, 3.05) is 12.0 Å². The number of nitriles is 1. The SMILES string of the molecule is CCOc1c(F)cc(F)cc1C=NNc1nc(-c2ccccc2)c(C#N)c(=O)[nH]1. The van der Waals surface area contributed by atoms with Crippen LogP contribution in [0, 0.1) is 23.0 Å². The minimum Gasteiger partial charge on any atom is -0.490 e. The van der Waals surface area contributed by atoms with E-state index in [1.807, 2.05) is 6.07 Å². The fourth-order valence-electron chi connectivity index (χ4n) is 2.57. The Bertz CT molecular complexity index is 1150. The molecule has 0 saturated heterocycles. The molecule has 7 nitrogen and oxygen atoms in total. The largest absolute Gasteiger partial charge is 0.490 e. The summed E-state index contributed by atoms with van der Waals surface area (Å²) in [6, 6.07) is 12.3. The second-order valence-electron chi connectivity index (χ2n) is 5.72. The number of hydrogen-bond donors (Lipinski definition) is 2. The number of rotatable bonds is 6. The summed E-state index contributed by atoms with van der Waals surface area (Å²) in [7, 11) is 0. The van der Waals surface area contributed by atoms with Crippen molar-refractivity contribution in [2.24, 2.45) is 5.10 Å². The standard InChI is InChI=1S/C20H15F2N5O2/c1-2-29-18-13(8-14(21)9-16(18)22)11-24-27-20-25-17(12-6-4-3-5-7-12)15(10-23)19(28)26-20/h3-9,11H,2H2,1H3,(H2,25,26,27,28). The van der Waals surface area contributed by atoms with Gasteiger partial charge in [0.25, 0.3) is 5.56 Å². The van der Waals surface area contributed by atoms with Gasteiger partial charge in [0, 0.05) is 17.2 Å². The summed E-state index contributed by atoms with van der Waals surface area (Å²) >= 11 is 0. The number of anilines is 1. The van der Waals surface area contributed by atoms with Gasteiger partial charge >= 0.3 is 0 Å². The van der Waals surface area contributed by atoms with Crippen LogP contribution in [0.3, 0.4) is 0 Å². The van der Waals surface area contributed by atoms with Gasteiger partial charge in [-0.25, -0.2) is 19.2 Å². The normalized spacial score (nSPS) is 10.7. The van der Waals surface area contributed by atoms with Gasteiger partial charge in [-0.2, -0.15) is 10.4 Å². The van der Waals surface area contributed by atoms with Crippen LogP contribution in [0.5, 0.6) is 5.75 Å². The maximum absolute atomic E-state index is 13.9. The first-order valence-corrected chi connectivity index (χ1v) is 8.54. The average Bonchev–Trinajstić information content (AvgIpc) is 2.70. The van der Waals surface area contributed by atoms with Crippen molar-refractivity contribution in [1.29, 1.82) is 5.26 Å². The number of aromatic amines is 1. The predicted molar refractivity (Wildman–Crippen MR) is 104 cm³/mol. The van der Waals surface area contributed by atoms with Gasteiger partial charge in [-0.05, 0) is 13.0 Å². The highest BCUT2D eigenvalue weighted by molar-refractivity contribution is 5.84. The molecule has 1 aromatic heterocycles. The third-order valence-corrected chi connectivity index (χ3v) is 3.78. The molecule has 0 spiro atoms. The second kappa shape index (κ2) is 8.75. The fraction of sp³-hybridized carbons (Fsp3) is 0.100. The highest BCUT2D eigenvalue weighted by Gasteiger charge is 2.13. The van der Waals surface area contributed by atoms with E-state index in [9.17, 15) is 18.8 Å². The molecule has 0 radical (unpaired) electrons. The Labute approximate surface area is 164 Å². The van der Waals surface area contributed by atoms with E-state index in [0.717, 1.165) is 12.3 Å². The topological polar surface area (TPSA) is 103 Å². The van der Waals surface area contributed by atoms with Crippen molar-refractivity contribution in [3.63, 3.8) is 0 Å². The Morgan fingerprint density at radius 2 is 2.07 bits per heavy atom. The number of halogens is 2. The summed E-state index contributed by atoms with van der Waals surface area (Å²) in [6.45, 7) is 1.85. The molecular formula is C20H15F2N5O2. The number of aromatic nitrogens is 2. The molecule has 0 fully saturated rings. The lowest BCUT2D eigenvalue weighted by Gasteiger charge is -2.08. The lowest BCUT2D eigenvalue weighted by molar-refractivity contribution is 0.320. The van der Waals surface area contributed by atoms with E-state index < -0.39 is 17.2 Å². The van der Waals surface area contributed by atoms with Gasteiger partial charge < -0.3 is 4.74 Å². The van der Waals surface area contributed by atoms with Crippen LogP contribution in [-0.2, 0) is 0 Å². The van der Waals surface area contributed by atoms with E-state index in [1.165, 1.54) is 0 Å². The van der Waals surface area contributed by atoms with Crippen LogP contribution in [-0.4, -0.2) is 22.8 Å². The summed E-state index contributed by atoms with van der Waals surface area (Å²) < 4.78 is 32.6. The maximum atomic E-state index is 13.9. The molecule has 0 amide bonds. The highest BCUT2D eigenvalue weighted by Crippen LogP contribution is 2.23. The Kier molecular flexibility index (Phi) is 5.94. The zero-order valence-corrected chi connectivity index (χ0v) is 15.2. The smallest absolute Gasteiger partial charge is 0.270 e. The Balaban J connectivity index is 1.94. The molecule has 0 bridgehead atoms. The minimum absolute atomic E-state index is 0.0427. The zero-order chi connectivity index (χ0) is 20.8. The van der Waals surface area contributed by atoms with E-state index >= 15 is 0 Å². The third-order valence-electron chi connectivity index (χ3n) is 3.78. The van der Waals surface area contributed by atoms with Gasteiger partial charge in [0.2, 0.25) is 5.95 Å². The number of H-pyrrole nitrogens is 1. The number of hydrogen-bond acceptors (Lipinski definition) is 6. The number of benzene rings is 2. The summed E-state index contributed by atoms with van der Waals surface area (Å²) in [5.41, 5.74) is 2.53.